The van der Waals surface area contributed by atoms with Crippen molar-refractivity contribution in [3.63, 3.8) is 0 Å². The molecule has 0 aromatic carbocycles. The first kappa shape index (κ1) is 24.2. The van der Waals surface area contributed by atoms with Crippen LogP contribution in [-0.4, -0.2) is 57.7 Å². The molecule has 3 rings (SSSR count). The van der Waals surface area contributed by atoms with Crippen molar-refractivity contribution in [2.45, 2.75) is 64.7 Å². The summed E-state index contributed by atoms with van der Waals surface area (Å²) in [5.74, 6) is -0.605. The van der Waals surface area contributed by atoms with Crippen molar-refractivity contribution < 1.29 is 33.0 Å². The van der Waals surface area contributed by atoms with Crippen LogP contribution in [0.4, 0.5) is 0 Å². The van der Waals surface area contributed by atoms with Crippen molar-refractivity contribution in [1.29, 1.82) is 0 Å². The summed E-state index contributed by atoms with van der Waals surface area (Å²) in [6, 6.07) is 0.270. The quantitative estimate of drug-likeness (QED) is 0.326. The van der Waals surface area contributed by atoms with Gasteiger partial charge in [0, 0.05) is 12.3 Å². The van der Waals surface area contributed by atoms with Gasteiger partial charge >= 0.3 is 13.7 Å². The lowest BCUT2D eigenvalue weighted by atomic mass is 9.96. The zero-order valence-electron chi connectivity index (χ0n) is 18.0. The summed E-state index contributed by atoms with van der Waals surface area (Å²) in [4.78, 5) is 26.1. The van der Waals surface area contributed by atoms with Crippen LogP contribution in [0, 0.1) is 10.2 Å². The number of aromatic nitrogens is 2. The van der Waals surface area contributed by atoms with Crippen LogP contribution in [0.1, 0.15) is 40.8 Å². The highest BCUT2D eigenvalue weighted by molar-refractivity contribution is 7.71. The van der Waals surface area contributed by atoms with Gasteiger partial charge < -0.3 is 14.6 Å². The van der Waals surface area contributed by atoms with Crippen LogP contribution < -0.4 is 10.6 Å². The molecule has 3 heterocycles. The van der Waals surface area contributed by atoms with Crippen LogP contribution in [0.5, 0.6) is 0 Å². The van der Waals surface area contributed by atoms with E-state index in [1.165, 1.54) is 30.7 Å². The van der Waals surface area contributed by atoms with Gasteiger partial charge in [-0.25, -0.2) is 9.65 Å². The lowest BCUT2D eigenvalue weighted by molar-refractivity contribution is -0.148. The van der Waals surface area contributed by atoms with Gasteiger partial charge in [-0.2, -0.15) is 0 Å². The highest BCUT2D eigenvalue weighted by atomic mass is 32.1. The topological polar surface area (TPSA) is 141 Å². The number of hydrogen-bond acceptors (Lipinski definition) is 9. The summed E-state index contributed by atoms with van der Waals surface area (Å²) in [6.07, 6.45) is -1.42. The number of ether oxygens (including phenoxy) is 2. The number of carbonyl (C=O) groups is 1. The van der Waals surface area contributed by atoms with E-state index in [4.69, 9.17) is 30.7 Å². The fourth-order valence-corrected chi connectivity index (χ4v) is 5.30. The fraction of sp³-hybridized carbons (Fsp3) is 0.722. The van der Waals surface area contributed by atoms with Gasteiger partial charge in [0.2, 0.25) is 0 Å². The number of esters is 1. The maximum Gasteiger partial charge on any atom is 0.406 e. The van der Waals surface area contributed by atoms with Crippen LogP contribution in [0.15, 0.2) is 17.1 Å². The van der Waals surface area contributed by atoms with Crippen LogP contribution in [0.3, 0.4) is 0 Å². The molecular formula is C18H28N3O8PS. The predicted octanol–water partition coefficient (Wildman–Crippen LogP) is 1.65. The first-order chi connectivity index (χ1) is 14.2. The van der Waals surface area contributed by atoms with E-state index in [2.05, 4.69) is 10.1 Å². The third-order valence-electron chi connectivity index (χ3n) is 4.84. The van der Waals surface area contributed by atoms with Crippen LogP contribution >= 0.6 is 20.0 Å². The van der Waals surface area contributed by atoms with Crippen molar-refractivity contribution in [2.24, 2.45) is 5.41 Å². The summed E-state index contributed by atoms with van der Waals surface area (Å²) in [5, 5.41) is 13.7. The molecular weight excluding hydrogens is 449 g/mol. The van der Waals surface area contributed by atoms with Crippen LogP contribution in [-0.2, 0) is 27.9 Å². The Morgan fingerprint density at radius 1 is 1.55 bits per heavy atom. The molecule has 2 fully saturated rings. The van der Waals surface area contributed by atoms with Gasteiger partial charge in [-0.3, -0.25) is 28.2 Å². The summed E-state index contributed by atoms with van der Waals surface area (Å²) in [7, 11) is -3.96. The van der Waals surface area contributed by atoms with E-state index in [1.807, 2.05) is 20.8 Å². The van der Waals surface area contributed by atoms with Gasteiger partial charge in [0.25, 0.3) is 5.56 Å². The van der Waals surface area contributed by atoms with Gasteiger partial charge in [0.05, 0.1) is 13.2 Å². The third kappa shape index (κ3) is 5.33. The zero-order chi connectivity index (χ0) is 23.2. The molecule has 3 N–H and O–H groups in total. The average Bonchev–Trinajstić information content (AvgIpc) is 2.89. The number of H-pyrrole nitrogens is 1. The second-order valence-corrected chi connectivity index (χ2v) is 11.2. The number of aliphatic hydroxyl groups is 1. The molecule has 2 aliphatic rings. The average molecular weight is 477 g/mol. The van der Waals surface area contributed by atoms with E-state index < -0.39 is 49.4 Å². The molecule has 13 heteroatoms. The molecule has 0 aliphatic carbocycles. The first-order valence-corrected chi connectivity index (χ1v) is 11.7. The monoisotopic (exact) mass is 477 g/mol. The lowest BCUT2D eigenvalue weighted by Gasteiger charge is -2.36. The summed E-state index contributed by atoms with van der Waals surface area (Å²) < 4.78 is 36.6. The maximum atomic E-state index is 13.1. The molecule has 6 atom stereocenters. The molecule has 0 spiro atoms. The number of rotatable bonds is 5. The number of hydrogen-bond donors (Lipinski definition) is 3. The minimum absolute atomic E-state index is 0.0499. The van der Waals surface area contributed by atoms with Crippen molar-refractivity contribution in [3.05, 3.63) is 27.4 Å². The summed E-state index contributed by atoms with van der Waals surface area (Å²) in [6.45, 7) is 8.73. The highest BCUT2D eigenvalue weighted by Gasteiger charge is 2.59. The zero-order valence-corrected chi connectivity index (χ0v) is 19.7. The molecule has 0 amide bonds. The second-order valence-electron chi connectivity index (χ2n) is 9.11. The summed E-state index contributed by atoms with van der Waals surface area (Å²) >= 11 is 5.15. The molecule has 1 aromatic rings. The molecule has 11 nitrogen and oxygen atoms in total. The third-order valence-corrected chi connectivity index (χ3v) is 6.85. The minimum atomic E-state index is -3.96. The Kier molecular flexibility index (Phi) is 6.66. The Balaban J connectivity index is 1.73. The molecule has 31 heavy (non-hydrogen) atoms. The van der Waals surface area contributed by atoms with Crippen molar-refractivity contribution in [2.75, 3.05) is 13.2 Å². The van der Waals surface area contributed by atoms with Crippen molar-refractivity contribution in [3.8, 4) is 0 Å². The largest absolute Gasteiger partial charge is 0.464 e. The molecule has 174 valence electrons. The molecule has 2 saturated heterocycles. The van der Waals surface area contributed by atoms with Gasteiger partial charge in [0.15, 0.2) is 11.0 Å². The van der Waals surface area contributed by atoms with Crippen LogP contribution in [0.25, 0.3) is 0 Å². The van der Waals surface area contributed by atoms with E-state index in [0.29, 0.717) is 0 Å². The number of carbonyl (C=O) groups excluding carboxylic acids is 1. The Bertz CT molecular complexity index is 1000. The van der Waals surface area contributed by atoms with Crippen molar-refractivity contribution in [1.82, 2.24) is 14.6 Å². The van der Waals surface area contributed by atoms with E-state index in [-0.39, 0.29) is 23.4 Å². The van der Waals surface area contributed by atoms with E-state index in [9.17, 15) is 19.3 Å². The maximum absolute atomic E-state index is 13.1. The summed E-state index contributed by atoms with van der Waals surface area (Å²) in [5.41, 5.74) is -2.28. The standard InChI is InChI=1S/C18H28N3O8PS/c1-10(14(23)26-9-17(2,3)4)20-30(25)27-8-11-13(29-30)18(5,24)15(28-11)21-7-6-12(22)19-16(21)31/h6-7,10-11,13,15,24H,8-9H2,1-5H3,(H,20,25)(H,19,22,31)/t10-,11+,13-,15+,18?,30?/m0/s1. The molecule has 2 aliphatic heterocycles. The van der Waals surface area contributed by atoms with E-state index in [0.717, 1.165) is 0 Å². The molecule has 1 aromatic heterocycles. The Hall–Kier alpha value is -1.40. The minimum Gasteiger partial charge on any atom is -0.464 e. The van der Waals surface area contributed by atoms with E-state index in [1.54, 1.807) is 0 Å². The first-order valence-electron chi connectivity index (χ1n) is 9.79. The SMILES string of the molecule is C[C@H](NP1(=O)OC[C@H]2O[C@@H](n3ccc(=O)[nH]c3=S)C(C)(O)[C@H]2O1)C(=O)OCC(C)(C)C. The van der Waals surface area contributed by atoms with Gasteiger partial charge in [-0.1, -0.05) is 20.8 Å². The molecule has 0 radical (unpaired) electrons. The number of aromatic amines is 1. The lowest BCUT2D eigenvalue weighted by Crippen LogP contribution is -2.49. The second kappa shape index (κ2) is 8.51. The highest BCUT2D eigenvalue weighted by Crippen LogP contribution is 2.55. The van der Waals surface area contributed by atoms with Gasteiger partial charge in [-0.15, -0.1) is 0 Å². The Morgan fingerprint density at radius 2 is 2.23 bits per heavy atom. The molecule has 0 bridgehead atoms. The predicted molar refractivity (Wildman–Crippen MR) is 112 cm³/mol. The fourth-order valence-electron chi connectivity index (χ4n) is 3.27. The van der Waals surface area contributed by atoms with Gasteiger partial charge in [0.1, 0.15) is 23.9 Å². The van der Waals surface area contributed by atoms with E-state index >= 15 is 0 Å². The Morgan fingerprint density at radius 3 is 2.84 bits per heavy atom. The van der Waals surface area contributed by atoms with Crippen LogP contribution in [0.2, 0.25) is 0 Å². The van der Waals surface area contributed by atoms with Gasteiger partial charge in [-0.05, 0) is 31.5 Å². The number of nitrogens with one attached hydrogen (secondary N) is 2. The van der Waals surface area contributed by atoms with Crippen molar-refractivity contribution >= 4 is 25.9 Å². The Labute approximate surface area is 184 Å². The number of fused-ring (bicyclic) bond motifs is 1. The number of nitrogens with zero attached hydrogens (tertiary/aromatic N) is 1. The normalized spacial score (nSPS) is 34.2. The molecule has 2 unspecified atom stereocenters. The smallest absolute Gasteiger partial charge is 0.406 e. The molecule has 0 saturated carbocycles.